The van der Waals surface area contributed by atoms with Crippen molar-refractivity contribution in [2.45, 2.75) is 25.8 Å². The van der Waals surface area contributed by atoms with Crippen molar-refractivity contribution in [3.63, 3.8) is 0 Å². The average molecular weight is 224 g/mol. The molecule has 0 aliphatic heterocycles. The Hall–Kier alpha value is -1.47. The van der Waals surface area contributed by atoms with Crippen LogP contribution >= 0.6 is 0 Å². The first-order chi connectivity index (χ1) is 7.74. The first kappa shape index (κ1) is 12.6. The summed E-state index contributed by atoms with van der Waals surface area (Å²) in [5.74, 6) is -1.64. The molecule has 0 spiro atoms. The summed E-state index contributed by atoms with van der Waals surface area (Å²) in [7, 11) is 0. The van der Waals surface area contributed by atoms with E-state index in [-0.39, 0.29) is 0 Å². The average Bonchev–Trinajstić information content (AvgIpc) is 2.28. The first-order valence-electron chi connectivity index (χ1n) is 5.25. The highest BCUT2D eigenvalue weighted by Gasteiger charge is 2.01. The van der Waals surface area contributed by atoms with Gasteiger partial charge in [0.25, 0.3) is 0 Å². The maximum Gasteiger partial charge on any atom is 0.159 e. The molecule has 0 aliphatic rings. The smallest absolute Gasteiger partial charge is 0.159 e. The molecule has 86 valence electrons. The molecule has 1 aromatic rings. The monoisotopic (exact) mass is 224 g/mol. The Kier molecular flexibility index (Phi) is 5.44. The fourth-order valence-corrected chi connectivity index (χ4v) is 1.34. The molecule has 0 radical (unpaired) electrons. The molecule has 0 amide bonds. The van der Waals surface area contributed by atoms with Crippen molar-refractivity contribution < 1.29 is 8.78 Å². The van der Waals surface area contributed by atoms with E-state index >= 15 is 0 Å². The number of nitrogens with one attached hydrogen (secondary N) is 1. The van der Waals surface area contributed by atoms with E-state index in [0.29, 0.717) is 13.0 Å². The Labute approximate surface area is 93.9 Å². The van der Waals surface area contributed by atoms with Gasteiger partial charge >= 0.3 is 0 Å². The second-order valence-electron chi connectivity index (χ2n) is 3.54. The summed E-state index contributed by atoms with van der Waals surface area (Å²) in [5.41, 5.74) is 0.721. The van der Waals surface area contributed by atoms with Crippen LogP contribution in [0.15, 0.2) is 18.2 Å². The highest BCUT2D eigenvalue weighted by Crippen LogP contribution is 2.08. The molecular formula is C12H14F2N2. The topological polar surface area (TPSA) is 35.8 Å². The van der Waals surface area contributed by atoms with E-state index < -0.39 is 11.6 Å². The van der Waals surface area contributed by atoms with Crippen LogP contribution in [0.3, 0.4) is 0 Å². The fourth-order valence-electron chi connectivity index (χ4n) is 1.34. The van der Waals surface area contributed by atoms with E-state index in [1.807, 2.05) is 0 Å². The summed E-state index contributed by atoms with van der Waals surface area (Å²) in [6, 6.07) is 5.95. The van der Waals surface area contributed by atoms with Gasteiger partial charge in [-0.05, 0) is 37.1 Å². The highest BCUT2D eigenvalue weighted by atomic mass is 19.2. The minimum Gasteiger partial charge on any atom is -0.313 e. The zero-order chi connectivity index (χ0) is 11.8. The summed E-state index contributed by atoms with van der Waals surface area (Å²) in [5, 5.41) is 11.4. The Balaban J connectivity index is 2.22. The molecule has 0 atom stereocenters. The van der Waals surface area contributed by atoms with Crippen LogP contribution in [-0.4, -0.2) is 6.54 Å². The number of hydrogen-bond acceptors (Lipinski definition) is 2. The van der Waals surface area contributed by atoms with E-state index in [4.69, 9.17) is 5.26 Å². The highest BCUT2D eigenvalue weighted by molar-refractivity contribution is 5.17. The van der Waals surface area contributed by atoms with Crippen molar-refractivity contribution in [2.24, 2.45) is 0 Å². The van der Waals surface area contributed by atoms with Crippen molar-refractivity contribution in [1.29, 1.82) is 5.26 Å². The predicted octanol–water partition coefficient (Wildman–Crippen LogP) is 2.75. The number of rotatable bonds is 6. The van der Waals surface area contributed by atoms with Crippen LogP contribution in [0.2, 0.25) is 0 Å². The van der Waals surface area contributed by atoms with Crippen LogP contribution in [0, 0.1) is 23.0 Å². The van der Waals surface area contributed by atoms with Crippen LogP contribution in [0.25, 0.3) is 0 Å². The minimum absolute atomic E-state index is 0.518. The Morgan fingerprint density at radius 3 is 2.69 bits per heavy atom. The van der Waals surface area contributed by atoms with Crippen LogP contribution < -0.4 is 5.32 Å². The molecule has 1 aromatic carbocycles. The predicted molar refractivity (Wildman–Crippen MR) is 57.5 cm³/mol. The van der Waals surface area contributed by atoms with Gasteiger partial charge < -0.3 is 5.32 Å². The number of benzene rings is 1. The Bertz CT molecular complexity index is 372. The van der Waals surface area contributed by atoms with Gasteiger partial charge in [-0.15, -0.1) is 0 Å². The second-order valence-corrected chi connectivity index (χ2v) is 3.54. The van der Waals surface area contributed by atoms with E-state index in [1.165, 1.54) is 6.07 Å². The number of hydrogen-bond donors (Lipinski definition) is 1. The quantitative estimate of drug-likeness (QED) is 0.754. The van der Waals surface area contributed by atoms with Crippen LogP contribution in [0.4, 0.5) is 8.78 Å². The summed E-state index contributed by atoms with van der Waals surface area (Å²) < 4.78 is 25.4. The molecule has 0 fully saturated rings. The standard InChI is InChI=1S/C12H14F2N2/c13-11-5-4-10(8-12(11)14)9-16-7-3-1-2-6-15/h4-5,8,16H,1-3,7,9H2. The summed E-state index contributed by atoms with van der Waals surface area (Å²) in [6.07, 6.45) is 2.34. The Morgan fingerprint density at radius 1 is 1.19 bits per heavy atom. The van der Waals surface area contributed by atoms with Crippen molar-refractivity contribution in [1.82, 2.24) is 5.32 Å². The molecule has 0 saturated carbocycles. The molecule has 0 bridgehead atoms. The van der Waals surface area contributed by atoms with Crippen molar-refractivity contribution in [3.8, 4) is 6.07 Å². The van der Waals surface area contributed by atoms with Gasteiger partial charge in [0.05, 0.1) is 6.07 Å². The van der Waals surface area contributed by atoms with E-state index in [1.54, 1.807) is 6.07 Å². The molecule has 1 rings (SSSR count). The van der Waals surface area contributed by atoms with Gasteiger partial charge in [0.1, 0.15) is 0 Å². The van der Waals surface area contributed by atoms with Crippen LogP contribution in [-0.2, 0) is 6.54 Å². The third-order valence-corrected chi connectivity index (χ3v) is 2.21. The number of nitriles is 1. The molecule has 0 aromatic heterocycles. The zero-order valence-electron chi connectivity index (χ0n) is 8.97. The zero-order valence-corrected chi connectivity index (χ0v) is 8.97. The number of halogens is 2. The summed E-state index contributed by atoms with van der Waals surface area (Å²) in [6.45, 7) is 1.30. The van der Waals surface area contributed by atoms with Gasteiger partial charge in [-0.3, -0.25) is 0 Å². The van der Waals surface area contributed by atoms with Gasteiger partial charge in [-0.1, -0.05) is 6.07 Å². The van der Waals surface area contributed by atoms with Crippen LogP contribution in [0.1, 0.15) is 24.8 Å². The molecule has 16 heavy (non-hydrogen) atoms. The maximum absolute atomic E-state index is 12.8. The summed E-state index contributed by atoms with van der Waals surface area (Å²) >= 11 is 0. The lowest BCUT2D eigenvalue weighted by atomic mass is 10.2. The lowest BCUT2D eigenvalue weighted by Crippen LogP contribution is -2.14. The fraction of sp³-hybridized carbons (Fsp3) is 0.417. The van der Waals surface area contributed by atoms with Crippen molar-refractivity contribution in [2.75, 3.05) is 6.54 Å². The SMILES string of the molecule is N#CCCCCNCc1ccc(F)c(F)c1. The molecule has 0 heterocycles. The third-order valence-electron chi connectivity index (χ3n) is 2.21. The molecule has 0 aliphatic carbocycles. The molecule has 4 heteroatoms. The van der Waals surface area contributed by atoms with Crippen molar-refractivity contribution in [3.05, 3.63) is 35.4 Å². The van der Waals surface area contributed by atoms with E-state index in [9.17, 15) is 8.78 Å². The molecule has 0 saturated heterocycles. The maximum atomic E-state index is 12.8. The first-order valence-corrected chi connectivity index (χ1v) is 5.25. The van der Waals surface area contributed by atoms with Gasteiger partial charge in [-0.25, -0.2) is 8.78 Å². The molecular weight excluding hydrogens is 210 g/mol. The summed E-state index contributed by atoms with van der Waals surface area (Å²) in [4.78, 5) is 0. The van der Waals surface area contributed by atoms with E-state index in [2.05, 4.69) is 11.4 Å². The number of nitrogens with zero attached hydrogens (tertiary/aromatic N) is 1. The lowest BCUT2D eigenvalue weighted by Gasteiger charge is -2.04. The van der Waals surface area contributed by atoms with E-state index in [0.717, 1.165) is 31.0 Å². The van der Waals surface area contributed by atoms with Gasteiger partial charge in [0.2, 0.25) is 0 Å². The van der Waals surface area contributed by atoms with Crippen molar-refractivity contribution >= 4 is 0 Å². The normalized spacial score (nSPS) is 10.1. The molecule has 2 nitrogen and oxygen atoms in total. The number of unbranched alkanes of at least 4 members (excludes halogenated alkanes) is 2. The van der Waals surface area contributed by atoms with Gasteiger partial charge in [-0.2, -0.15) is 5.26 Å². The molecule has 1 N–H and O–H groups in total. The largest absolute Gasteiger partial charge is 0.313 e. The van der Waals surface area contributed by atoms with Gasteiger partial charge in [0, 0.05) is 13.0 Å². The second kappa shape index (κ2) is 6.91. The molecule has 0 unspecified atom stereocenters. The van der Waals surface area contributed by atoms with Crippen LogP contribution in [0.5, 0.6) is 0 Å². The lowest BCUT2D eigenvalue weighted by molar-refractivity contribution is 0.505. The third kappa shape index (κ3) is 4.37. The minimum atomic E-state index is -0.822. The Morgan fingerprint density at radius 2 is 2.00 bits per heavy atom. The van der Waals surface area contributed by atoms with Gasteiger partial charge in [0.15, 0.2) is 11.6 Å².